The number of aryl methyl sites for hydroxylation is 2. The van der Waals surface area contributed by atoms with Crippen LogP contribution in [0.15, 0.2) is 115 Å². The van der Waals surface area contributed by atoms with Crippen molar-refractivity contribution >= 4 is 16.9 Å². The zero-order valence-corrected chi connectivity index (χ0v) is 23.3. The second-order valence-corrected chi connectivity index (χ2v) is 10.3. The summed E-state index contributed by atoms with van der Waals surface area (Å²) in [6, 6.07) is 33.3. The predicted octanol–water partition coefficient (Wildman–Crippen LogP) is 7.36. The van der Waals surface area contributed by atoms with Crippen molar-refractivity contribution in [1.82, 2.24) is 0 Å². The smallest absolute Gasteiger partial charge is 0.133 e. The molecule has 3 nitrogen and oxygen atoms in total. The third kappa shape index (κ3) is 6.07. The minimum absolute atomic E-state index is 0.823. The van der Waals surface area contributed by atoms with Crippen LogP contribution >= 0.6 is 0 Å². The van der Waals surface area contributed by atoms with E-state index in [0.29, 0.717) is 0 Å². The van der Waals surface area contributed by atoms with E-state index in [9.17, 15) is 5.11 Å². The Hall–Kier alpha value is -4.08. The molecule has 4 aromatic rings. The zero-order valence-electron chi connectivity index (χ0n) is 23.3. The number of nitrogens with zero attached hydrogens (tertiary/aromatic N) is 2. The van der Waals surface area contributed by atoms with Crippen LogP contribution in [0.25, 0.3) is 5.57 Å². The Morgan fingerprint density at radius 2 is 0.947 bits per heavy atom. The Bertz CT molecular complexity index is 1400. The summed E-state index contributed by atoms with van der Waals surface area (Å²) >= 11 is 0. The summed E-state index contributed by atoms with van der Waals surface area (Å²) in [6.07, 6.45) is 5.97. The van der Waals surface area contributed by atoms with Gasteiger partial charge in [-0.25, -0.2) is 0 Å². The second-order valence-electron chi connectivity index (χ2n) is 10.3. The maximum absolute atomic E-state index is 12.1. The minimum Gasteiger partial charge on any atom is -0.378 e. The molecule has 4 aromatic carbocycles. The van der Waals surface area contributed by atoms with Gasteiger partial charge in [-0.3, -0.25) is 0 Å². The summed E-state index contributed by atoms with van der Waals surface area (Å²) in [5.74, 6) is 0. The predicted molar refractivity (Wildman–Crippen MR) is 163 cm³/mol. The Morgan fingerprint density at radius 1 is 0.579 bits per heavy atom. The van der Waals surface area contributed by atoms with Crippen molar-refractivity contribution < 1.29 is 5.11 Å². The lowest BCUT2D eigenvalue weighted by atomic mass is 9.85. The molecule has 0 spiro atoms. The number of benzene rings is 4. The van der Waals surface area contributed by atoms with Gasteiger partial charge in [-0.2, -0.15) is 0 Å². The average molecular weight is 503 g/mol. The van der Waals surface area contributed by atoms with Gasteiger partial charge in [0.25, 0.3) is 0 Å². The quantitative estimate of drug-likeness (QED) is 0.255. The lowest BCUT2D eigenvalue weighted by molar-refractivity contribution is 0.134. The lowest BCUT2D eigenvalue weighted by Gasteiger charge is -2.27. The molecular formula is C35H38N2O. The van der Waals surface area contributed by atoms with E-state index in [4.69, 9.17) is 0 Å². The fraction of sp³-hybridized carbons (Fsp3) is 0.200. The first-order chi connectivity index (χ1) is 18.2. The van der Waals surface area contributed by atoms with Gasteiger partial charge in [0.15, 0.2) is 0 Å². The molecule has 38 heavy (non-hydrogen) atoms. The van der Waals surface area contributed by atoms with Crippen LogP contribution in [0.1, 0.15) is 33.4 Å². The van der Waals surface area contributed by atoms with Crippen molar-refractivity contribution in [3.8, 4) is 0 Å². The topological polar surface area (TPSA) is 26.7 Å². The van der Waals surface area contributed by atoms with E-state index in [1.165, 1.54) is 5.56 Å². The Labute approximate surface area is 228 Å². The number of aliphatic hydroxyl groups is 1. The van der Waals surface area contributed by atoms with Crippen molar-refractivity contribution in [3.63, 3.8) is 0 Å². The molecule has 0 aromatic heterocycles. The van der Waals surface area contributed by atoms with Gasteiger partial charge in [-0.05, 0) is 72.0 Å². The fourth-order valence-electron chi connectivity index (χ4n) is 4.50. The number of allylic oxidation sites excluding steroid dienone is 2. The van der Waals surface area contributed by atoms with Crippen LogP contribution in [0.3, 0.4) is 0 Å². The molecule has 0 aliphatic rings. The number of hydrogen-bond acceptors (Lipinski definition) is 3. The van der Waals surface area contributed by atoms with Gasteiger partial charge in [0.1, 0.15) is 5.60 Å². The maximum Gasteiger partial charge on any atom is 0.133 e. The Morgan fingerprint density at radius 3 is 1.39 bits per heavy atom. The molecular weight excluding hydrogens is 464 g/mol. The largest absolute Gasteiger partial charge is 0.378 e. The highest BCUT2D eigenvalue weighted by atomic mass is 16.3. The molecule has 0 radical (unpaired) electrons. The molecule has 0 aliphatic heterocycles. The van der Waals surface area contributed by atoms with Gasteiger partial charge >= 0.3 is 0 Å². The molecule has 0 saturated heterocycles. The van der Waals surface area contributed by atoms with Crippen LogP contribution < -0.4 is 9.80 Å². The van der Waals surface area contributed by atoms with E-state index in [1.54, 1.807) is 0 Å². The molecule has 0 bridgehead atoms. The molecule has 1 unspecified atom stereocenters. The van der Waals surface area contributed by atoms with Crippen LogP contribution in [-0.2, 0) is 5.60 Å². The van der Waals surface area contributed by atoms with E-state index in [1.807, 2.05) is 88.9 Å². The average Bonchev–Trinajstić information content (AvgIpc) is 2.92. The molecule has 0 fully saturated rings. The molecule has 1 N–H and O–H groups in total. The van der Waals surface area contributed by atoms with E-state index in [0.717, 1.165) is 44.8 Å². The first-order valence-electron chi connectivity index (χ1n) is 13.0. The van der Waals surface area contributed by atoms with Crippen LogP contribution in [-0.4, -0.2) is 33.3 Å². The molecule has 4 rings (SSSR count). The lowest BCUT2D eigenvalue weighted by Crippen LogP contribution is -2.24. The Kier molecular flexibility index (Phi) is 8.19. The molecule has 0 aliphatic carbocycles. The molecule has 0 amide bonds. The fourth-order valence-corrected chi connectivity index (χ4v) is 4.50. The standard InChI is InChI=1S/C35H38N2O/c1-26-9-13-28(14-10-26)34(29-15-21-32(22-16-29)36(3)4)8-7-25-35(38,30-17-11-27(2)12-18-30)31-19-23-33(24-20-31)37(5)6/h7-25,38H,1-6H3. The summed E-state index contributed by atoms with van der Waals surface area (Å²) in [7, 11) is 8.13. The van der Waals surface area contributed by atoms with Gasteiger partial charge in [-0.15, -0.1) is 0 Å². The summed E-state index contributed by atoms with van der Waals surface area (Å²) in [5.41, 5.74) is 8.36. The molecule has 3 heteroatoms. The second kappa shape index (κ2) is 11.5. The summed E-state index contributed by atoms with van der Waals surface area (Å²) in [4.78, 5) is 4.16. The van der Waals surface area contributed by atoms with Crippen molar-refractivity contribution in [2.45, 2.75) is 19.4 Å². The summed E-state index contributed by atoms with van der Waals surface area (Å²) < 4.78 is 0. The third-order valence-corrected chi connectivity index (χ3v) is 6.97. The van der Waals surface area contributed by atoms with Gasteiger partial charge < -0.3 is 14.9 Å². The number of rotatable bonds is 8. The SMILES string of the molecule is Cc1ccc(C(=CC=CC(O)(c2ccc(C)cc2)c2ccc(N(C)C)cc2)c2ccc(N(C)C)cc2)cc1. The summed E-state index contributed by atoms with van der Waals surface area (Å²) in [6.45, 7) is 4.16. The number of anilines is 2. The van der Waals surface area contributed by atoms with Crippen molar-refractivity contribution in [3.05, 3.63) is 149 Å². The zero-order chi connectivity index (χ0) is 27.3. The van der Waals surface area contributed by atoms with Crippen LogP contribution in [0.4, 0.5) is 11.4 Å². The van der Waals surface area contributed by atoms with Crippen molar-refractivity contribution in [2.75, 3.05) is 38.0 Å². The number of hydrogen-bond donors (Lipinski definition) is 1. The molecule has 1 atom stereocenters. The first-order valence-corrected chi connectivity index (χ1v) is 13.0. The molecule has 0 saturated carbocycles. The monoisotopic (exact) mass is 502 g/mol. The normalized spacial score (nSPS) is 13.4. The highest BCUT2D eigenvalue weighted by molar-refractivity contribution is 5.81. The summed E-state index contributed by atoms with van der Waals surface area (Å²) in [5, 5.41) is 12.1. The van der Waals surface area contributed by atoms with E-state index in [-0.39, 0.29) is 0 Å². The van der Waals surface area contributed by atoms with Gasteiger partial charge in [-0.1, -0.05) is 96.1 Å². The van der Waals surface area contributed by atoms with Gasteiger partial charge in [0.05, 0.1) is 0 Å². The van der Waals surface area contributed by atoms with Gasteiger partial charge in [0, 0.05) is 39.6 Å². The first kappa shape index (κ1) is 27.0. The van der Waals surface area contributed by atoms with E-state index < -0.39 is 5.60 Å². The van der Waals surface area contributed by atoms with Crippen molar-refractivity contribution in [2.24, 2.45) is 0 Å². The highest BCUT2D eigenvalue weighted by Gasteiger charge is 2.28. The minimum atomic E-state index is -1.28. The van der Waals surface area contributed by atoms with Crippen LogP contribution in [0, 0.1) is 13.8 Å². The maximum atomic E-state index is 12.1. The Balaban J connectivity index is 1.80. The highest BCUT2D eigenvalue weighted by Crippen LogP contribution is 2.33. The molecule has 0 heterocycles. The molecule has 194 valence electrons. The van der Waals surface area contributed by atoms with Gasteiger partial charge in [0.2, 0.25) is 0 Å². The van der Waals surface area contributed by atoms with Crippen LogP contribution in [0.2, 0.25) is 0 Å². The third-order valence-electron chi connectivity index (χ3n) is 6.97. The van der Waals surface area contributed by atoms with Crippen molar-refractivity contribution in [1.29, 1.82) is 0 Å². The van der Waals surface area contributed by atoms with Crippen LogP contribution in [0.5, 0.6) is 0 Å². The van der Waals surface area contributed by atoms with E-state index in [2.05, 4.69) is 78.3 Å². The van der Waals surface area contributed by atoms with E-state index >= 15 is 0 Å².